The summed E-state index contributed by atoms with van der Waals surface area (Å²) in [6.07, 6.45) is 11.9. The molecule has 0 saturated heterocycles. The maximum absolute atomic E-state index is 13.5. The summed E-state index contributed by atoms with van der Waals surface area (Å²) in [6.45, 7) is 16.9. The summed E-state index contributed by atoms with van der Waals surface area (Å²) in [6, 6.07) is 13.3. The molecule has 3 aromatic heterocycles. The van der Waals surface area contributed by atoms with Crippen molar-refractivity contribution < 1.29 is 9.53 Å². The number of anilines is 1. The van der Waals surface area contributed by atoms with Crippen LogP contribution in [0.25, 0.3) is 11.3 Å². The maximum Gasteiger partial charge on any atom is 0.320 e. The summed E-state index contributed by atoms with van der Waals surface area (Å²) < 4.78 is 10.3. The van der Waals surface area contributed by atoms with E-state index in [2.05, 4.69) is 73.0 Å². The van der Waals surface area contributed by atoms with E-state index in [4.69, 9.17) is 9.84 Å². The lowest BCUT2D eigenvalue weighted by atomic mass is 9.92. The topological polar surface area (TPSA) is 102 Å². The van der Waals surface area contributed by atoms with Crippen LogP contribution < -0.4 is 15.4 Å². The smallest absolute Gasteiger partial charge is 0.320 e. The summed E-state index contributed by atoms with van der Waals surface area (Å²) in [5.74, 6) is 2.17. The second-order valence-corrected chi connectivity index (χ2v) is 14.0. The first kappa shape index (κ1) is 33.7. The summed E-state index contributed by atoms with van der Waals surface area (Å²) in [7, 11) is 4.06. The highest BCUT2D eigenvalue weighted by atomic mass is 16.5. The third-order valence-corrected chi connectivity index (χ3v) is 8.83. The minimum atomic E-state index is -0.324. The highest BCUT2D eigenvalue weighted by molar-refractivity contribution is 5.89. The Morgan fingerprint density at radius 2 is 1.77 bits per heavy atom. The molecule has 10 nitrogen and oxygen atoms in total. The Morgan fingerprint density at radius 3 is 2.47 bits per heavy atom. The molecule has 0 bridgehead atoms. The molecule has 1 aromatic carbocycles. The monoisotopic (exact) mass is 636 g/mol. The fourth-order valence-corrected chi connectivity index (χ4v) is 5.31. The van der Waals surface area contributed by atoms with Crippen molar-refractivity contribution in [2.75, 3.05) is 19.4 Å². The van der Waals surface area contributed by atoms with Crippen LogP contribution in [-0.4, -0.2) is 61.6 Å². The predicted octanol–water partition coefficient (Wildman–Crippen LogP) is 7.11. The van der Waals surface area contributed by atoms with Crippen molar-refractivity contribution in [3.05, 3.63) is 102 Å². The number of aryl methyl sites for hydroxylation is 1. The molecule has 2 N–H and O–H groups in total. The minimum absolute atomic E-state index is 0.116. The molecule has 0 fully saturated rings. The van der Waals surface area contributed by atoms with Crippen LogP contribution in [-0.2, 0) is 11.0 Å². The zero-order valence-electron chi connectivity index (χ0n) is 28.9. The molecule has 2 atom stereocenters. The number of nitrogens with one attached hydrogen (secondary N) is 2. The number of nitrogens with zero attached hydrogens (tertiary/aromatic N) is 6. The Labute approximate surface area is 278 Å². The molecule has 0 unspecified atom stereocenters. The van der Waals surface area contributed by atoms with Crippen LogP contribution in [0.15, 0.2) is 85.1 Å². The summed E-state index contributed by atoms with van der Waals surface area (Å²) in [5, 5.41) is 19.9. The fourth-order valence-electron chi connectivity index (χ4n) is 5.31. The van der Waals surface area contributed by atoms with Crippen LogP contribution in [0.1, 0.15) is 71.0 Å². The van der Waals surface area contributed by atoms with Gasteiger partial charge >= 0.3 is 6.03 Å². The molecular formula is C37H48N8O2. The molecule has 10 heteroatoms. The van der Waals surface area contributed by atoms with E-state index in [1.807, 2.05) is 92.3 Å². The molecule has 0 aliphatic heterocycles. The molecule has 0 radical (unpaired) electrons. The SMILES string of the molecule is C=C1/C=C\C=C/C[C@H](Oc2ccc3nnc(C(C)(C)N(C)C)n3c2)CC[C@@H]1NC(=O)Nc1cc(C(C)(C)C)nn1-c1ccc(C)cc1. The largest absolute Gasteiger partial charge is 0.489 e. The molecule has 0 spiro atoms. The number of carbonyl (C=O) groups is 1. The zero-order valence-corrected chi connectivity index (χ0v) is 28.9. The number of hydrogen-bond acceptors (Lipinski definition) is 6. The lowest BCUT2D eigenvalue weighted by molar-refractivity contribution is 0.180. The van der Waals surface area contributed by atoms with Gasteiger partial charge in [-0.15, -0.1) is 10.2 Å². The molecule has 1 aliphatic rings. The number of aromatic nitrogens is 5. The first-order chi connectivity index (χ1) is 22.2. The lowest BCUT2D eigenvalue weighted by Gasteiger charge is -2.30. The molecule has 5 rings (SSSR count). The fraction of sp³-hybridized carbons (Fsp3) is 0.405. The number of rotatable bonds is 7. The molecule has 2 amide bonds. The van der Waals surface area contributed by atoms with E-state index in [0.717, 1.165) is 46.2 Å². The molecule has 3 heterocycles. The van der Waals surface area contributed by atoms with E-state index >= 15 is 0 Å². The van der Waals surface area contributed by atoms with Crippen molar-refractivity contribution >= 4 is 17.5 Å². The molecule has 47 heavy (non-hydrogen) atoms. The van der Waals surface area contributed by atoms with E-state index < -0.39 is 0 Å². The van der Waals surface area contributed by atoms with Gasteiger partial charge in [-0.3, -0.25) is 14.6 Å². The van der Waals surface area contributed by atoms with Crippen molar-refractivity contribution in [2.45, 2.75) is 83.9 Å². The molecular weight excluding hydrogens is 588 g/mol. The summed E-state index contributed by atoms with van der Waals surface area (Å²) in [4.78, 5) is 15.6. The third kappa shape index (κ3) is 7.82. The van der Waals surface area contributed by atoms with Gasteiger partial charge in [0.2, 0.25) is 0 Å². The average Bonchev–Trinajstić information content (AvgIpc) is 3.63. The number of hydrogen-bond donors (Lipinski definition) is 2. The van der Waals surface area contributed by atoms with Crippen molar-refractivity contribution in [3.8, 4) is 11.4 Å². The Balaban J connectivity index is 1.32. The normalized spacial score (nSPS) is 19.0. The number of ether oxygens (including phenoxy) is 1. The van der Waals surface area contributed by atoms with E-state index in [1.165, 1.54) is 0 Å². The number of allylic oxidation sites excluding steroid dienone is 2. The van der Waals surface area contributed by atoms with Crippen LogP contribution in [0.4, 0.5) is 10.6 Å². The summed E-state index contributed by atoms with van der Waals surface area (Å²) in [5.41, 5.74) is 3.98. The van der Waals surface area contributed by atoms with Crippen LogP contribution in [0.2, 0.25) is 0 Å². The number of urea groups is 1. The van der Waals surface area contributed by atoms with Crippen molar-refractivity contribution in [3.63, 3.8) is 0 Å². The minimum Gasteiger partial charge on any atom is -0.489 e. The first-order valence-corrected chi connectivity index (χ1v) is 16.2. The van der Waals surface area contributed by atoms with Gasteiger partial charge in [0.15, 0.2) is 11.5 Å². The van der Waals surface area contributed by atoms with Gasteiger partial charge in [0.1, 0.15) is 17.7 Å². The molecule has 1 aliphatic carbocycles. The molecule has 0 saturated carbocycles. The number of amides is 2. The van der Waals surface area contributed by atoms with Gasteiger partial charge in [-0.25, -0.2) is 9.48 Å². The van der Waals surface area contributed by atoms with Gasteiger partial charge < -0.3 is 10.1 Å². The third-order valence-electron chi connectivity index (χ3n) is 8.83. The average molecular weight is 637 g/mol. The number of carbonyl (C=O) groups excluding carboxylic acids is 1. The van der Waals surface area contributed by atoms with E-state index in [-0.39, 0.29) is 29.1 Å². The van der Waals surface area contributed by atoms with Crippen molar-refractivity contribution in [1.82, 2.24) is 34.6 Å². The van der Waals surface area contributed by atoms with Crippen LogP contribution >= 0.6 is 0 Å². The van der Waals surface area contributed by atoms with Gasteiger partial charge in [-0.05, 0) is 77.5 Å². The second kappa shape index (κ2) is 13.6. The van der Waals surface area contributed by atoms with Crippen molar-refractivity contribution in [1.29, 1.82) is 0 Å². The van der Waals surface area contributed by atoms with Crippen molar-refractivity contribution in [2.24, 2.45) is 0 Å². The van der Waals surface area contributed by atoms with E-state index in [0.29, 0.717) is 18.7 Å². The standard InChI is InChI=1S/C37H48N8O2/c1-25-15-17-27(18-16-25)45-33(23-31(42-45)36(3,4)5)39-35(46)38-30-21-19-28(14-12-10-11-13-26(30)2)47-29-20-22-32-40-41-34(44(32)24-29)37(6,7)43(8)9/h10-13,15-18,20,22-24,28,30H,2,14,19,21H2,1,3-9H3,(H2,38,39,46)/b12-10-,13-11-/t28-,30-/m0/s1. The lowest BCUT2D eigenvalue weighted by Crippen LogP contribution is -2.40. The highest BCUT2D eigenvalue weighted by Gasteiger charge is 2.29. The second-order valence-electron chi connectivity index (χ2n) is 14.0. The van der Waals surface area contributed by atoms with Crippen LogP contribution in [0.3, 0.4) is 0 Å². The number of pyridine rings is 1. The van der Waals surface area contributed by atoms with Crippen LogP contribution in [0, 0.1) is 6.92 Å². The molecule has 4 aromatic rings. The Bertz CT molecular complexity index is 1790. The predicted molar refractivity (Wildman–Crippen MR) is 188 cm³/mol. The number of fused-ring (bicyclic) bond motifs is 1. The van der Waals surface area contributed by atoms with E-state index in [1.54, 1.807) is 4.68 Å². The number of benzene rings is 1. The van der Waals surface area contributed by atoms with Crippen LogP contribution in [0.5, 0.6) is 5.75 Å². The Kier molecular flexibility index (Phi) is 9.72. The maximum atomic E-state index is 13.5. The Hall–Kier alpha value is -4.70. The first-order valence-electron chi connectivity index (χ1n) is 16.2. The molecule has 248 valence electrons. The van der Waals surface area contributed by atoms with Gasteiger partial charge in [0.25, 0.3) is 0 Å². The van der Waals surface area contributed by atoms with Gasteiger partial charge in [-0.2, -0.15) is 5.10 Å². The quantitative estimate of drug-likeness (QED) is 0.224. The highest BCUT2D eigenvalue weighted by Crippen LogP contribution is 2.28. The van der Waals surface area contributed by atoms with E-state index in [9.17, 15) is 4.79 Å². The van der Waals surface area contributed by atoms with Gasteiger partial charge in [0, 0.05) is 17.9 Å². The zero-order chi connectivity index (χ0) is 33.9. The van der Waals surface area contributed by atoms with Gasteiger partial charge in [-0.1, -0.05) is 69.4 Å². The Morgan fingerprint density at radius 1 is 1.02 bits per heavy atom. The summed E-state index contributed by atoms with van der Waals surface area (Å²) >= 11 is 0. The van der Waals surface area contributed by atoms with Gasteiger partial charge in [0.05, 0.1) is 29.2 Å².